The molecule has 2 aliphatic rings. The third-order valence-electron chi connectivity index (χ3n) is 4.77. The average Bonchev–Trinajstić information content (AvgIpc) is 2.71. The third kappa shape index (κ3) is 5.63. The second kappa shape index (κ2) is 9.66. The van der Waals surface area contributed by atoms with Gasteiger partial charge in [-0.3, -0.25) is 14.4 Å². The van der Waals surface area contributed by atoms with E-state index >= 15 is 0 Å². The number of morpholine rings is 2. The Labute approximate surface area is 186 Å². The summed E-state index contributed by atoms with van der Waals surface area (Å²) >= 11 is 0. The van der Waals surface area contributed by atoms with Gasteiger partial charge >= 0.3 is 11.9 Å². The van der Waals surface area contributed by atoms with Gasteiger partial charge in [0.25, 0.3) is 11.8 Å². The van der Waals surface area contributed by atoms with E-state index in [-0.39, 0.29) is 25.7 Å². The summed E-state index contributed by atoms with van der Waals surface area (Å²) in [5.74, 6) is -2.30. The van der Waals surface area contributed by atoms with Crippen LogP contribution in [0.2, 0.25) is 0 Å². The third-order valence-corrected chi connectivity index (χ3v) is 4.77. The SMILES string of the molecule is CC(=O)OC(C(=O)OC(C)(C)C)C1OCCN(c2cccc(N3CCOCC3=O)c2)C1=O. The Hall–Kier alpha value is -2.98. The molecule has 0 aromatic heterocycles. The molecule has 2 saturated heterocycles. The lowest BCUT2D eigenvalue weighted by molar-refractivity contribution is -0.188. The maximum absolute atomic E-state index is 13.3. The van der Waals surface area contributed by atoms with Gasteiger partial charge in [-0.05, 0) is 39.0 Å². The van der Waals surface area contributed by atoms with Crippen LogP contribution in [0, 0.1) is 0 Å². The largest absolute Gasteiger partial charge is 0.457 e. The van der Waals surface area contributed by atoms with Crippen LogP contribution in [0.15, 0.2) is 24.3 Å². The Kier molecular flexibility index (Phi) is 7.15. The summed E-state index contributed by atoms with van der Waals surface area (Å²) in [4.78, 5) is 52.8. The fraction of sp³-hybridized carbons (Fsp3) is 0.545. The average molecular weight is 448 g/mol. The van der Waals surface area contributed by atoms with Crippen LogP contribution < -0.4 is 9.80 Å². The van der Waals surface area contributed by atoms with Gasteiger partial charge < -0.3 is 28.7 Å². The number of esters is 2. The van der Waals surface area contributed by atoms with Crippen molar-refractivity contribution < 1.29 is 38.1 Å². The van der Waals surface area contributed by atoms with Gasteiger partial charge in [-0.25, -0.2) is 4.79 Å². The summed E-state index contributed by atoms with van der Waals surface area (Å²) in [7, 11) is 0. The number of ether oxygens (including phenoxy) is 4. The predicted molar refractivity (Wildman–Crippen MR) is 113 cm³/mol. The summed E-state index contributed by atoms with van der Waals surface area (Å²) in [5.41, 5.74) is 0.326. The molecule has 2 amide bonds. The first-order valence-electron chi connectivity index (χ1n) is 10.4. The number of carbonyl (C=O) groups excluding carboxylic acids is 4. The molecule has 0 N–H and O–H groups in total. The Morgan fingerprint density at radius 2 is 1.75 bits per heavy atom. The zero-order valence-electron chi connectivity index (χ0n) is 18.7. The Bertz CT molecular complexity index is 894. The summed E-state index contributed by atoms with van der Waals surface area (Å²) in [6, 6.07) is 6.96. The zero-order chi connectivity index (χ0) is 23.5. The van der Waals surface area contributed by atoms with Gasteiger partial charge in [0, 0.05) is 31.4 Å². The van der Waals surface area contributed by atoms with Gasteiger partial charge in [0.15, 0.2) is 6.10 Å². The van der Waals surface area contributed by atoms with Crippen molar-refractivity contribution >= 4 is 35.1 Å². The lowest BCUT2D eigenvalue weighted by Crippen LogP contribution is -2.56. The molecule has 2 aliphatic heterocycles. The fourth-order valence-electron chi connectivity index (χ4n) is 3.47. The Morgan fingerprint density at radius 1 is 1.09 bits per heavy atom. The van der Waals surface area contributed by atoms with Crippen molar-refractivity contribution in [1.82, 2.24) is 0 Å². The van der Waals surface area contributed by atoms with Crippen molar-refractivity contribution in [1.29, 1.82) is 0 Å². The second-order valence-corrected chi connectivity index (χ2v) is 8.46. The smallest absolute Gasteiger partial charge is 0.351 e. The van der Waals surface area contributed by atoms with Crippen LogP contribution in [0.4, 0.5) is 11.4 Å². The summed E-state index contributed by atoms with van der Waals surface area (Å²) in [6.07, 6.45) is -2.89. The van der Waals surface area contributed by atoms with Gasteiger partial charge in [-0.15, -0.1) is 0 Å². The first kappa shape index (κ1) is 23.7. The minimum atomic E-state index is -1.54. The van der Waals surface area contributed by atoms with E-state index in [9.17, 15) is 19.2 Å². The van der Waals surface area contributed by atoms with Gasteiger partial charge in [-0.1, -0.05) is 6.07 Å². The lowest BCUT2D eigenvalue weighted by Gasteiger charge is -2.36. The molecule has 2 unspecified atom stereocenters. The molecule has 0 radical (unpaired) electrons. The second-order valence-electron chi connectivity index (χ2n) is 8.46. The predicted octanol–water partition coefficient (Wildman–Crippen LogP) is 1.05. The number of nitrogens with zero attached hydrogens (tertiary/aromatic N) is 2. The molecule has 10 heteroatoms. The molecule has 0 bridgehead atoms. The summed E-state index contributed by atoms with van der Waals surface area (Å²) in [6.45, 7) is 7.35. The van der Waals surface area contributed by atoms with E-state index in [2.05, 4.69) is 0 Å². The molecule has 10 nitrogen and oxygen atoms in total. The molecule has 0 aliphatic carbocycles. The standard InChI is InChI=1S/C22H28N2O8/c1-14(25)31-19(21(28)32-22(2,3)4)18-20(27)24(9-11-30-18)16-7-5-6-15(12-16)23-8-10-29-13-17(23)26/h5-7,12,18-19H,8-11,13H2,1-4H3. The van der Waals surface area contributed by atoms with E-state index in [0.29, 0.717) is 24.5 Å². The van der Waals surface area contributed by atoms with Crippen LogP contribution in [0.3, 0.4) is 0 Å². The van der Waals surface area contributed by atoms with E-state index in [0.717, 1.165) is 6.92 Å². The molecule has 174 valence electrons. The quantitative estimate of drug-likeness (QED) is 0.615. The first-order valence-corrected chi connectivity index (χ1v) is 10.4. The molecule has 2 atom stereocenters. The van der Waals surface area contributed by atoms with Crippen molar-refractivity contribution in [2.24, 2.45) is 0 Å². The zero-order valence-corrected chi connectivity index (χ0v) is 18.7. The fourth-order valence-corrected chi connectivity index (χ4v) is 3.47. The first-order chi connectivity index (χ1) is 15.1. The molecule has 3 rings (SSSR count). The molecule has 2 fully saturated rings. The van der Waals surface area contributed by atoms with E-state index in [1.54, 1.807) is 49.9 Å². The van der Waals surface area contributed by atoms with Gasteiger partial charge in [0.1, 0.15) is 12.2 Å². The van der Waals surface area contributed by atoms with E-state index < -0.39 is 35.7 Å². The minimum Gasteiger partial charge on any atom is -0.457 e. The van der Waals surface area contributed by atoms with Crippen molar-refractivity contribution in [3.63, 3.8) is 0 Å². The Morgan fingerprint density at radius 3 is 2.38 bits per heavy atom. The maximum atomic E-state index is 13.3. The number of benzene rings is 1. The number of carbonyl (C=O) groups is 4. The highest BCUT2D eigenvalue weighted by Crippen LogP contribution is 2.27. The van der Waals surface area contributed by atoms with Gasteiger partial charge in [0.2, 0.25) is 6.10 Å². The van der Waals surface area contributed by atoms with E-state index in [1.165, 1.54) is 4.90 Å². The number of amides is 2. The number of rotatable bonds is 5. The number of anilines is 2. The van der Waals surface area contributed by atoms with Gasteiger partial charge in [-0.2, -0.15) is 0 Å². The molecule has 2 heterocycles. The van der Waals surface area contributed by atoms with Crippen molar-refractivity contribution in [2.45, 2.75) is 45.5 Å². The molecule has 1 aromatic rings. The van der Waals surface area contributed by atoms with Crippen molar-refractivity contribution in [3.05, 3.63) is 24.3 Å². The van der Waals surface area contributed by atoms with Crippen molar-refractivity contribution in [3.8, 4) is 0 Å². The molecular weight excluding hydrogens is 420 g/mol. The van der Waals surface area contributed by atoms with Crippen LogP contribution in [0.25, 0.3) is 0 Å². The van der Waals surface area contributed by atoms with Crippen LogP contribution in [0.5, 0.6) is 0 Å². The normalized spacial score (nSPS) is 20.7. The monoisotopic (exact) mass is 448 g/mol. The van der Waals surface area contributed by atoms with Crippen molar-refractivity contribution in [2.75, 3.05) is 42.7 Å². The van der Waals surface area contributed by atoms with Crippen LogP contribution in [-0.2, 0) is 38.1 Å². The van der Waals surface area contributed by atoms with Gasteiger partial charge in [0.05, 0.1) is 13.2 Å². The molecule has 32 heavy (non-hydrogen) atoms. The van der Waals surface area contributed by atoms with Crippen LogP contribution in [-0.4, -0.2) is 74.5 Å². The van der Waals surface area contributed by atoms with Crippen LogP contribution >= 0.6 is 0 Å². The van der Waals surface area contributed by atoms with E-state index in [4.69, 9.17) is 18.9 Å². The van der Waals surface area contributed by atoms with Crippen LogP contribution in [0.1, 0.15) is 27.7 Å². The number of hydrogen-bond acceptors (Lipinski definition) is 8. The maximum Gasteiger partial charge on any atom is 0.351 e. The highest BCUT2D eigenvalue weighted by Gasteiger charge is 2.44. The van der Waals surface area contributed by atoms with E-state index in [1.807, 2.05) is 0 Å². The highest BCUT2D eigenvalue weighted by molar-refractivity contribution is 6.02. The Balaban J connectivity index is 1.84. The molecule has 1 aromatic carbocycles. The highest BCUT2D eigenvalue weighted by atomic mass is 16.6. The summed E-state index contributed by atoms with van der Waals surface area (Å²) < 4.78 is 21.2. The summed E-state index contributed by atoms with van der Waals surface area (Å²) in [5, 5.41) is 0. The lowest BCUT2D eigenvalue weighted by atomic mass is 10.1. The number of hydrogen-bond donors (Lipinski definition) is 0. The molecule has 0 spiro atoms. The molecule has 0 saturated carbocycles. The minimum absolute atomic E-state index is 0.00272. The molecular formula is C22H28N2O8. The topological polar surface area (TPSA) is 112 Å².